The highest BCUT2D eigenvalue weighted by Crippen LogP contribution is 2.55. The fourth-order valence-electron chi connectivity index (χ4n) is 24.4. The SMILES string of the molecule is c1ccc2c(c1)cc(-c1nc(-n3c4ccc5ccccc5c4c4c5sc6ccccc6c5ccc43)nc3ccccc13)c1sc3ccccc3c12.c1ccc2c(c1)cc(-c1nc(-n3c4ccccc4c4c5ccccc5c5c6ccccc6oc5c43)nc3ccccc13)c1sc3ccccc3c12.c1ccc2c(c1)cc(-c1nc(-n3c4ccccc4c4c5oc6ccccc6c5ccc43)nc3ccccc13)c1sc3ccccc3c12. The molecule has 12 aromatic heterocycles. The Morgan fingerprint density at radius 2 is 0.497 bits per heavy atom. The van der Waals surface area contributed by atoms with Crippen LogP contribution in [0.1, 0.15) is 0 Å². The quantitative estimate of drug-likeness (QED) is 0.162. The number of thiophene rings is 4. The van der Waals surface area contributed by atoms with Gasteiger partial charge in [-0.1, -0.05) is 334 Å². The number of aromatic nitrogens is 9. The Kier molecular flexibility index (Phi) is 17.7. The minimum atomic E-state index is 0.620. The second kappa shape index (κ2) is 31.9. The van der Waals surface area contributed by atoms with Gasteiger partial charge in [0.1, 0.15) is 22.3 Å². The molecule has 0 N–H and O–H groups in total. The van der Waals surface area contributed by atoms with Crippen molar-refractivity contribution >= 4 is 322 Å². The maximum atomic E-state index is 6.83. The molecule has 690 valence electrons. The predicted octanol–water partition coefficient (Wildman–Crippen LogP) is 38.2. The summed E-state index contributed by atoms with van der Waals surface area (Å²) in [6.07, 6.45) is 0. The summed E-state index contributed by atoms with van der Waals surface area (Å²) in [4.78, 5) is 32.6. The van der Waals surface area contributed by atoms with Crippen molar-refractivity contribution in [2.45, 2.75) is 0 Å². The Bertz CT molecular complexity index is 12100. The number of fused-ring (bicyclic) bond motifs is 44. The van der Waals surface area contributed by atoms with Gasteiger partial charge in [0.15, 0.2) is 5.58 Å². The zero-order valence-corrected chi connectivity index (χ0v) is 82.4. The molecular formula is C134H73N9O2S4. The van der Waals surface area contributed by atoms with Crippen LogP contribution in [0.3, 0.4) is 0 Å². The highest BCUT2D eigenvalue weighted by atomic mass is 32.1. The van der Waals surface area contributed by atoms with Crippen LogP contribution in [0.2, 0.25) is 0 Å². The summed E-state index contributed by atoms with van der Waals surface area (Å²) in [5.41, 5.74) is 18.7. The Labute approximate surface area is 861 Å². The van der Waals surface area contributed by atoms with Crippen molar-refractivity contribution in [3.8, 4) is 51.6 Å². The van der Waals surface area contributed by atoms with Crippen LogP contribution in [-0.2, 0) is 0 Å². The molecule has 0 spiro atoms. The van der Waals surface area contributed by atoms with Crippen molar-refractivity contribution in [2.75, 3.05) is 0 Å². The number of hydrogen-bond acceptors (Lipinski definition) is 12. The van der Waals surface area contributed by atoms with Gasteiger partial charge in [0.2, 0.25) is 17.8 Å². The smallest absolute Gasteiger partial charge is 0.235 e. The van der Waals surface area contributed by atoms with Crippen molar-refractivity contribution in [3.63, 3.8) is 0 Å². The molecular weight excluding hydrogens is 1900 g/mol. The van der Waals surface area contributed by atoms with Crippen molar-refractivity contribution in [2.24, 2.45) is 0 Å². The molecule has 0 saturated heterocycles. The molecule has 15 heteroatoms. The fourth-order valence-corrected chi connectivity index (χ4v) is 29.4. The van der Waals surface area contributed by atoms with Crippen LogP contribution in [-0.4, -0.2) is 43.6 Å². The minimum absolute atomic E-state index is 0.620. The monoisotopic (exact) mass is 1970 g/mol. The van der Waals surface area contributed by atoms with Crippen LogP contribution < -0.4 is 0 Å². The van der Waals surface area contributed by atoms with Crippen molar-refractivity contribution in [1.82, 2.24) is 43.6 Å². The zero-order chi connectivity index (χ0) is 97.1. The molecule has 12 heterocycles. The van der Waals surface area contributed by atoms with Gasteiger partial charge < -0.3 is 8.83 Å². The van der Waals surface area contributed by atoms with E-state index in [1.165, 1.54) is 145 Å². The van der Waals surface area contributed by atoms with Gasteiger partial charge in [-0.2, -0.15) is 0 Å². The third-order valence-electron chi connectivity index (χ3n) is 30.7. The molecule has 35 aromatic rings. The lowest BCUT2D eigenvalue weighted by Gasteiger charge is -2.14. The van der Waals surface area contributed by atoms with E-state index in [1.54, 1.807) is 0 Å². The maximum absolute atomic E-state index is 6.83. The molecule has 149 heavy (non-hydrogen) atoms. The first kappa shape index (κ1) is 82.7. The first-order valence-corrected chi connectivity index (χ1v) is 53.4. The first-order valence-electron chi connectivity index (χ1n) is 50.1. The average Bonchev–Trinajstić information content (AvgIpc) is 1.53. The second-order valence-electron chi connectivity index (χ2n) is 38.7. The van der Waals surface area contributed by atoms with Crippen LogP contribution in [0.15, 0.2) is 452 Å². The van der Waals surface area contributed by atoms with Crippen LogP contribution in [0.25, 0.3) is 328 Å². The maximum Gasteiger partial charge on any atom is 0.235 e. The largest absolute Gasteiger partial charge is 0.455 e. The Hall–Kier alpha value is -18.7. The molecule has 0 radical (unpaired) electrons. The molecule has 0 aliphatic rings. The van der Waals surface area contributed by atoms with Crippen molar-refractivity contribution in [3.05, 3.63) is 443 Å². The van der Waals surface area contributed by atoms with Crippen molar-refractivity contribution in [1.29, 1.82) is 0 Å². The third kappa shape index (κ3) is 12.1. The number of nitrogens with zero attached hydrogens (tertiary/aromatic N) is 9. The fraction of sp³-hybridized carbons (Fsp3) is 0. The average molecular weight is 1970 g/mol. The van der Waals surface area contributed by atoms with Crippen molar-refractivity contribution < 1.29 is 8.83 Å². The summed E-state index contributed by atoms with van der Waals surface area (Å²) in [6.45, 7) is 0. The van der Waals surface area contributed by atoms with E-state index in [9.17, 15) is 0 Å². The van der Waals surface area contributed by atoms with Gasteiger partial charge in [-0.05, 0) is 163 Å². The molecule has 0 bridgehead atoms. The minimum Gasteiger partial charge on any atom is -0.455 e. The molecule has 0 saturated carbocycles. The van der Waals surface area contributed by atoms with Gasteiger partial charge in [0.25, 0.3) is 0 Å². The molecule has 0 aliphatic heterocycles. The van der Waals surface area contributed by atoms with E-state index in [0.717, 1.165) is 165 Å². The van der Waals surface area contributed by atoms with Crippen LogP contribution in [0.4, 0.5) is 0 Å². The Balaban J connectivity index is 0.0000000971. The zero-order valence-electron chi connectivity index (χ0n) is 79.1. The van der Waals surface area contributed by atoms with E-state index >= 15 is 0 Å². The summed E-state index contributed by atoms with van der Waals surface area (Å²) in [5.74, 6) is 1.94. The molecule has 35 rings (SSSR count). The highest BCUT2D eigenvalue weighted by Gasteiger charge is 2.31. The summed E-state index contributed by atoms with van der Waals surface area (Å²) < 4.78 is 30.3. The van der Waals surface area contributed by atoms with Gasteiger partial charge in [-0.15, -0.1) is 45.3 Å². The lowest BCUT2D eigenvalue weighted by Crippen LogP contribution is -2.03. The lowest BCUT2D eigenvalue weighted by atomic mass is 9.97. The molecule has 11 nitrogen and oxygen atoms in total. The molecule has 23 aromatic carbocycles. The van der Waals surface area contributed by atoms with Gasteiger partial charge in [0.05, 0.1) is 66.6 Å². The standard InChI is InChI=1S/C46H25N3OS.C46H25N3S2.C42H23N3OS/c1-2-14-27-26(13-1)25-34(45-41(27)33-20-8-12-24-38(33)51-45)42-30-17-5-9-21-35(30)47-46(48-42)49-36-22-10-6-18-31(36)39-28-15-3-4-16-29(28)40-32-19-7-11-23-37(32)50-44(40)43(39)49;1-3-13-28-26(11-1)21-23-36-41(28)42-37(24-22-31-30-15-6-9-19-38(30)50-44(31)42)49(36)46-47-35-18-8-5-16-32(35)43(48-46)34-25-27-12-2-4-14-29(27)40-33-17-7-10-20-39(33)51-45(34)40;1-2-12-25-24(11-1)23-31(41-37(25)30-16-6-10-20-36(30)47-41)39-28-14-3-7-17-32(28)43-42(44-39)45-33-18-8-4-15-29(33)38-34(45)22-21-27-26-13-5-9-19-35(26)46-40(27)38/h2*1-25H;1-23H. The predicted molar refractivity (Wildman–Crippen MR) is 632 cm³/mol. The number of para-hydroxylation sites is 7. The van der Waals surface area contributed by atoms with Crippen LogP contribution >= 0.6 is 45.3 Å². The van der Waals surface area contributed by atoms with Gasteiger partial charge in [-0.25, -0.2) is 29.9 Å². The van der Waals surface area contributed by atoms with Gasteiger partial charge >= 0.3 is 0 Å². The van der Waals surface area contributed by atoms with E-state index in [2.05, 4.69) is 438 Å². The topological polar surface area (TPSA) is 118 Å². The molecule has 0 unspecified atom stereocenters. The number of benzene rings is 23. The molecule has 0 amide bonds. The van der Waals surface area contributed by atoms with Crippen LogP contribution in [0.5, 0.6) is 0 Å². The summed E-state index contributed by atoms with van der Waals surface area (Å²) in [5, 5.41) is 37.0. The summed E-state index contributed by atoms with van der Waals surface area (Å²) in [7, 11) is 0. The molecule has 0 fully saturated rings. The molecule has 0 atom stereocenters. The van der Waals surface area contributed by atoms with Crippen LogP contribution in [0, 0.1) is 0 Å². The van der Waals surface area contributed by atoms with E-state index < -0.39 is 0 Å². The third-order valence-corrected chi connectivity index (χ3v) is 35.6. The van der Waals surface area contributed by atoms with E-state index in [-0.39, 0.29) is 0 Å². The summed E-state index contributed by atoms with van der Waals surface area (Å²) in [6, 6.07) is 158. The van der Waals surface area contributed by atoms with Gasteiger partial charge in [-0.3, -0.25) is 13.7 Å². The number of furan rings is 2. The lowest BCUT2D eigenvalue weighted by molar-refractivity contribution is 0.671. The number of rotatable bonds is 6. The molecule has 0 aliphatic carbocycles. The van der Waals surface area contributed by atoms with Gasteiger partial charge in [0, 0.05) is 162 Å². The van der Waals surface area contributed by atoms with E-state index in [0.29, 0.717) is 17.8 Å². The highest BCUT2D eigenvalue weighted by molar-refractivity contribution is 7.28. The Morgan fingerprint density at radius 3 is 1.00 bits per heavy atom. The Morgan fingerprint density at radius 1 is 0.174 bits per heavy atom. The number of hydrogen-bond donors (Lipinski definition) is 0. The first-order chi connectivity index (χ1) is 73.9. The van der Waals surface area contributed by atoms with E-state index in [4.69, 9.17) is 38.7 Å². The summed E-state index contributed by atoms with van der Waals surface area (Å²) >= 11 is 7.41. The van der Waals surface area contributed by atoms with E-state index in [1.807, 2.05) is 63.5 Å². The second-order valence-corrected chi connectivity index (χ2v) is 42.9. The normalized spacial score (nSPS) is 12.3.